The molecule has 3 aromatic rings. The SMILES string of the molecule is C.C.Cc1nc(CC2CC(Cn3ncc4cc(C(F)(F)F)ncc43)C2)nc2c1NC(=O)[C@H](C(C)C)N2C. The molecule has 1 saturated carbocycles. The van der Waals surface area contributed by atoms with E-state index < -0.39 is 11.9 Å². The van der Waals surface area contributed by atoms with Crippen LogP contribution < -0.4 is 10.2 Å². The van der Waals surface area contributed by atoms with E-state index in [9.17, 15) is 18.0 Å². The van der Waals surface area contributed by atoms with E-state index in [1.165, 1.54) is 12.4 Å². The monoisotopic (exact) mass is 519 g/mol. The number of hydrogen-bond donors (Lipinski definition) is 1. The number of amides is 1. The summed E-state index contributed by atoms with van der Waals surface area (Å²) in [5.74, 6) is 2.45. The van der Waals surface area contributed by atoms with Crippen LogP contribution in [0, 0.1) is 24.7 Å². The van der Waals surface area contributed by atoms with Crippen molar-refractivity contribution in [3.8, 4) is 0 Å². The molecule has 2 aliphatic rings. The Morgan fingerprint density at radius 3 is 2.49 bits per heavy atom. The Morgan fingerprint density at radius 1 is 1.14 bits per heavy atom. The van der Waals surface area contributed by atoms with Crippen molar-refractivity contribution < 1.29 is 18.0 Å². The summed E-state index contributed by atoms with van der Waals surface area (Å²) in [6.07, 6.45) is 0.933. The first-order valence-corrected chi connectivity index (χ1v) is 11.8. The molecule has 0 spiro atoms. The molecule has 11 heteroatoms. The minimum absolute atomic E-state index is 0. The normalized spacial score (nSPS) is 21.1. The van der Waals surface area contributed by atoms with E-state index in [-0.39, 0.29) is 32.7 Å². The second-order valence-corrected chi connectivity index (χ2v) is 10.1. The fourth-order valence-corrected chi connectivity index (χ4v) is 5.33. The number of carbonyl (C=O) groups is 1. The van der Waals surface area contributed by atoms with Crippen LogP contribution in [0.5, 0.6) is 0 Å². The molecule has 1 amide bonds. The van der Waals surface area contributed by atoms with Crippen molar-refractivity contribution in [1.82, 2.24) is 24.7 Å². The maximum atomic E-state index is 12.9. The van der Waals surface area contributed by atoms with E-state index in [2.05, 4.69) is 20.4 Å². The van der Waals surface area contributed by atoms with Crippen LogP contribution in [-0.4, -0.2) is 43.7 Å². The number of hydrogen-bond acceptors (Lipinski definition) is 6. The molecule has 0 unspecified atom stereocenters. The van der Waals surface area contributed by atoms with Crippen LogP contribution in [0.1, 0.15) is 58.8 Å². The van der Waals surface area contributed by atoms with Crippen molar-refractivity contribution >= 4 is 28.3 Å². The maximum Gasteiger partial charge on any atom is 0.433 e. The van der Waals surface area contributed by atoms with E-state index in [4.69, 9.17) is 4.98 Å². The molecule has 4 heterocycles. The molecular weight excluding hydrogens is 483 g/mol. The van der Waals surface area contributed by atoms with Gasteiger partial charge in [-0.2, -0.15) is 18.3 Å². The highest BCUT2D eigenvalue weighted by atomic mass is 19.4. The number of alkyl halides is 3. The smallest absolute Gasteiger partial charge is 0.346 e. The minimum atomic E-state index is -4.47. The maximum absolute atomic E-state index is 12.9. The summed E-state index contributed by atoms with van der Waals surface area (Å²) in [6.45, 7) is 6.56. The predicted molar refractivity (Wildman–Crippen MR) is 138 cm³/mol. The number of nitrogens with zero attached hydrogens (tertiary/aromatic N) is 6. The molecular formula is C26H36F3N7O. The third kappa shape index (κ3) is 5.26. The summed E-state index contributed by atoms with van der Waals surface area (Å²) in [4.78, 5) is 27.5. The lowest BCUT2D eigenvalue weighted by molar-refractivity contribution is -0.141. The van der Waals surface area contributed by atoms with Gasteiger partial charge in [0.25, 0.3) is 0 Å². The van der Waals surface area contributed by atoms with Gasteiger partial charge in [0.15, 0.2) is 5.82 Å². The van der Waals surface area contributed by atoms with Crippen LogP contribution in [0.3, 0.4) is 0 Å². The number of halogens is 3. The Hall–Kier alpha value is -3.24. The Bertz CT molecular complexity index is 1280. The van der Waals surface area contributed by atoms with Crippen molar-refractivity contribution in [2.45, 2.75) is 73.6 Å². The van der Waals surface area contributed by atoms with Gasteiger partial charge in [-0.3, -0.25) is 9.48 Å². The van der Waals surface area contributed by atoms with E-state index in [1.807, 2.05) is 32.7 Å². The topological polar surface area (TPSA) is 88.8 Å². The molecule has 202 valence electrons. The molecule has 0 saturated heterocycles. The number of rotatable bonds is 5. The van der Waals surface area contributed by atoms with E-state index in [1.54, 1.807) is 4.68 Å². The number of pyridine rings is 1. The molecule has 3 aromatic heterocycles. The van der Waals surface area contributed by atoms with E-state index in [0.717, 1.165) is 42.7 Å². The molecule has 1 aliphatic heterocycles. The van der Waals surface area contributed by atoms with Crippen molar-refractivity contribution in [3.05, 3.63) is 35.7 Å². The van der Waals surface area contributed by atoms with E-state index in [0.29, 0.717) is 35.0 Å². The molecule has 0 radical (unpaired) electrons. The van der Waals surface area contributed by atoms with Crippen LogP contribution in [0.25, 0.3) is 10.9 Å². The summed E-state index contributed by atoms with van der Waals surface area (Å²) in [7, 11) is 1.90. The third-order valence-corrected chi connectivity index (χ3v) is 7.07. The molecule has 1 atom stereocenters. The summed E-state index contributed by atoms with van der Waals surface area (Å²) in [5.41, 5.74) is 1.15. The van der Waals surface area contributed by atoms with Crippen LogP contribution >= 0.6 is 0 Å². The molecule has 37 heavy (non-hydrogen) atoms. The van der Waals surface area contributed by atoms with Crippen molar-refractivity contribution in [2.75, 3.05) is 17.3 Å². The van der Waals surface area contributed by atoms with Gasteiger partial charge in [-0.1, -0.05) is 28.7 Å². The summed E-state index contributed by atoms with van der Waals surface area (Å²) >= 11 is 0. The van der Waals surface area contributed by atoms with Crippen molar-refractivity contribution in [3.63, 3.8) is 0 Å². The zero-order valence-corrected chi connectivity index (χ0v) is 20.1. The summed E-state index contributed by atoms with van der Waals surface area (Å²) in [5, 5.41) is 7.70. The fraction of sp³-hybridized carbons (Fsp3) is 0.577. The van der Waals surface area contributed by atoms with Crippen LogP contribution in [0.2, 0.25) is 0 Å². The lowest BCUT2D eigenvalue weighted by Crippen LogP contribution is -2.49. The van der Waals surface area contributed by atoms with Crippen molar-refractivity contribution in [1.29, 1.82) is 0 Å². The van der Waals surface area contributed by atoms with Gasteiger partial charge in [-0.05, 0) is 43.6 Å². The third-order valence-electron chi connectivity index (χ3n) is 7.07. The first-order chi connectivity index (χ1) is 16.5. The molecule has 0 aromatic carbocycles. The Balaban J connectivity index is 0.00000190. The molecule has 8 nitrogen and oxygen atoms in total. The Kier molecular flexibility index (Phi) is 7.85. The first-order valence-electron chi connectivity index (χ1n) is 11.8. The van der Waals surface area contributed by atoms with Gasteiger partial charge in [-0.15, -0.1) is 0 Å². The molecule has 1 N–H and O–H groups in total. The zero-order valence-electron chi connectivity index (χ0n) is 20.1. The van der Waals surface area contributed by atoms with Gasteiger partial charge in [0.05, 0.1) is 23.6 Å². The Labute approximate surface area is 215 Å². The van der Waals surface area contributed by atoms with Crippen LogP contribution in [-0.2, 0) is 23.9 Å². The average Bonchev–Trinajstić information content (AvgIpc) is 3.14. The second-order valence-electron chi connectivity index (χ2n) is 10.1. The standard InChI is InChI=1S/C24H28F3N7O.2CH4/c1-12(2)21-23(35)32-20-13(3)30-19(31-22(20)33(21)4)7-14-5-15(6-14)11-34-17-10-28-18(24(25,26)27)8-16(17)9-29-34;;/h8-10,12,14-15,21H,5-7,11H2,1-4H3,(H,32,35);2*1H4/t14?,15?,21-;;/m0../s1. The summed E-state index contributed by atoms with van der Waals surface area (Å²) < 4.78 is 40.5. The lowest BCUT2D eigenvalue weighted by atomic mass is 9.73. The first kappa shape index (κ1) is 28.3. The lowest BCUT2D eigenvalue weighted by Gasteiger charge is -2.38. The van der Waals surface area contributed by atoms with Gasteiger partial charge in [0.1, 0.15) is 23.2 Å². The summed E-state index contributed by atoms with van der Waals surface area (Å²) in [6, 6.07) is 0.768. The highest BCUT2D eigenvalue weighted by Gasteiger charge is 2.37. The number of aromatic nitrogens is 5. The number of anilines is 2. The van der Waals surface area contributed by atoms with Crippen LogP contribution in [0.15, 0.2) is 18.5 Å². The number of aryl methyl sites for hydroxylation is 1. The molecule has 1 fully saturated rings. The second kappa shape index (κ2) is 10.3. The molecule has 0 bridgehead atoms. The number of fused-ring (bicyclic) bond motifs is 2. The predicted octanol–water partition coefficient (Wildman–Crippen LogP) is 5.50. The number of likely N-dealkylation sites (N-methyl/N-ethyl adjacent to an activating group) is 1. The highest BCUT2D eigenvalue weighted by Crippen LogP contribution is 2.39. The van der Waals surface area contributed by atoms with Gasteiger partial charge in [-0.25, -0.2) is 15.0 Å². The highest BCUT2D eigenvalue weighted by molar-refractivity contribution is 6.03. The molecule has 1 aliphatic carbocycles. The average molecular weight is 520 g/mol. The van der Waals surface area contributed by atoms with Crippen LogP contribution in [0.4, 0.5) is 24.7 Å². The van der Waals surface area contributed by atoms with E-state index >= 15 is 0 Å². The largest absolute Gasteiger partial charge is 0.433 e. The number of nitrogens with one attached hydrogen (secondary N) is 1. The van der Waals surface area contributed by atoms with Crippen molar-refractivity contribution in [2.24, 2.45) is 17.8 Å². The van der Waals surface area contributed by atoms with Gasteiger partial charge >= 0.3 is 6.18 Å². The molecule has 5 rings (SSSR count). The van der Waals surface area contributed by atoms with Gasteiger partial charge in [0, 0.05) is 25.4 Å². The van der Waals surface area contributed by atoms with Gasteiger partial charge in [0.2, 0.25) is 5.91 Å². The quantitative estimate of drug-likeness (QED) is 0.479. The van der Waals surface area contributed by atoms with Gasteiger partial charge < -0.3 is 10.2 Å². The Morgan fingerprint density at radius 2 is 1.84 bits per heavy atom. The zero-order chi connectivity index (χ0) is 25.1. The fourth-order valence-electron chi connectivity index (χ4n) is 5.33. The minimum Gasteiger partial charge on any atom is -0.346 e. The number of carbonyl (C=O) groups excluding carboxylic acids is 1.